The SMILES string of the molecule is O=C(c1ccc(C(=O)N(O)O)cc1)N(O)O. The number of hydroxylamine groups is 4. The lowest BCUT2D eigenvalue weighted by Gasteiger charge is -2.08. The molecule has 0 aliphatic heterocycles. The van der Waals surface area contributed by atoms with Crippen LogP contribution in [0, 0.1) is 0 Å². The zero-order valence-electron chi connectivity index (χ0n) is 7.81. The van der Waals surface area contributed by atoms with E-state index >= 15 is 0 Å². The first-order valence-electron chi connectivity index (χ1n) is 3.98. The van der Waals surface area contributed by atoms with Crippen LogP contribution in [0.3, 0.4) is 0 Å². The van der Waals surface area contributed by atoms with Gasteiger partial charge in [0.1, 0.15) is 0 Å². The van der Waals surface area contributed by atoms with Gasteiger partial charge in [0.15, 0.2) is 0 Å². The van der Waals surface area contributed by atoms with Crippen molar-refractivity contribution in [1.82, 2.24) is 10.5 Å². The van der Waals surface area contributed by atoms with E-state index in [1.807, 2.05) is 0 Å². The van der Waals surface area contributed by atoms with E-state index < -0.39 is 22.3 Å². The first-order valence-corrected chi connectivity index (χ1v) is 3.98. The van der Waals surface area contributed by atoms with Crippen LogP contribution in [0.2, 0.25) is 0 Å². The number of hydrogen-bond donors (Lipinski definition) is 4. The maximum atomic E-state index is 11.0. The van der Waals surface area contributed by atoms with Gasteiger partial charge in [0.25, 0.3) is 0 Å². The molecule has 0 spiro atoms. The van der Waals surface area contributed by atoms with Gasteiger partial charge in [-0.05, 0) is 24.3 Å². The molecule has 0 aliphatic rings. The molecule has 16 heavy (non-hydrogen) atoms. The molecule has 8 heteroatoms. The van der Waals surface area contributed by atoms with Crippen LogP contribution in [0.15, 0.2) is 24.3 Å². The molecule has 0 heterocycles. The standard InChI is InChI=1S/C8H8N2O6/c11-7(9(13)14)5-1-2-6(4-3-5)8(12)10(15)16/h1-4,13-16H. The van der Waals surface area contributed by atoms with Crippen molar-refractivity contribution in [2.45, 2.75) is 0 Å². The lowest BCUT2D eigenvalue weighted by atomic mass is 10.1. The molecule has 0 saturated heterocycles. The first-order chi connectivity index (χ1) is 7.43. The highest BCUT2D eigenvalue weighted by Gasteiger charge is 2.14. The van der Waals surface area contributed by atoms with Crippen molar-refractivity contribution in [3.8, 4) is 0 Å². The van der Waals surface area contributed by atoms with Crippen LogP contribution in [0.5, 0.6) is 0 Å². The van der Waals surface area contributed by atoms with Crippen molar-refractivity contribution in [2.75, 3.05) is 0 Å². The Kier molecular flexibility index (Phi) is 3.53. The number of amides is 2. The zero-order chi connectivity index (χ0) is 12.3. The van der Waals surface area contributed by atoms with Gasteiger partial charge in [-0.25, -0.2) is 0 Å². The van der Waals surface area contributed by atoms with E-state index in [4.69, 9.17) is 20.8 Å². The summed E-state index contributed by atoms with van der Waals surface area (Å²) in [5, 5.41) is 32.5. The Balaban J connectivity index is 2.92. The maximum absolute atomic E-state index is 11.0. The minimum atomic E-state index is -1.08. The van der Waals surface area contributed by atoms with Crippen molar-refractivity contribution < 1.29 is 30.4 Å². The summed E-state index contributed by atoms with van der Waals surface area (Å²) >= 11 is 0. The molecule has 1 aromatic rings. The summed E-state index contributed by atoms with van der Waals surface area (Å²) in [7, 11) is 0. The Morgan fingerprint density at radius 2 is 1.00 bits per heavy atom. The highest BCUT2D eigenvalue weighted by molar-refractivity contribution is 5.96. The molecule has 2 amide bonds. The van der Waals surface area contributed by atoms with Crippen LogP contribution >= 0.6 is 0 Å². The molecule has 1 aromatic carbocycles. The summed E-state index contributed by atoms with van der Waals surface area (Å²) in [6.07, 6.45) is 0. The molecule has 1 rings (SSSR count). The van der Waals surface area contributed by atoms with Gasteiger partial charge in [-0.2, -0.15) is 0 Å². The third-order valence-corrected chi connectivity index (χ3v) is 1.74. The van der Waals surface area contributed by atoms with Crippen LogP contribution in [-0.2, 0) is 0 Å². The Morgan fingerprint density at radius 1 is 0.750 bits per heavy atom. The maximum Gasteiger partial charge on any atom is 0.303 e. The van der Waals surface area contributed by atoms with Crippen molar-refractivity contribution in [2.24, 2.45) is 0 Å². The van der Waals surface area contributed by atoms with Crippen molar-refractivity contribution in [3.05, 3.63) is 35.4 Å². The van der Waals surface area contributed by atoms with Gasteiger partial charge in [0, 0.05) is 11.1 Å². The van der Waals surface area contributed by atoms with Gasteiger partial charge in [-0.15, -0.1) is 0 Å². The quantitative estimate of drug-likeness (QED) is 0.421. The van der Waals surface area contributed by atoms with Gasteiger partial charge in [-0.1, -0.05) is 10.5 Å². The molecule has 86 valence electrons. The monoisotopic (exact) mass is 228 g/mol. The van der Waals surface area contributed by atoms with Crippen LogP contribution in [-0.4, -0.2) is 43.1 Å². The fraction of sp³-hybridized carbons (Fsp3) is 0. The smallest absolute Gasteiger partial charge is 0.264 e. The summed E-state index contributed by atoms with van der Waals surface area (Å²) in [5.74, 6) is -2.16. The molecule has 8 nitrogen and oxygen atoms in total. The first kappa shape index (κ1) is 12.1. The highest BCUT2D eigenvalue weighted by Crippen LogP contribution is 2.07. The van der Waals surface area contributed by atoms with Crippen molar-refractivity contribution >= 4 is 11.8 Å². The summed E-state index contributed by atoms with van der Waals surface area (Å²) in [6, 6.07) is 4.49. The molecule has 0 aromatic heterocycles. The minimum Gasteiger partial charge on any atom is -0.264 e. The number of benzene rings is 1. The average molecular weight is 228 g/mol. The zero-order valence-corrected chi connectivity index (χ0v) is 7.81. The molecular weight excluding hydrogens is 220 g/mol. The van der Waals surface area contributed by atoms with E-state index in [9.17, 15) is 9.59 Å². The molecule has 0 unspecified atom stereocenters. The van der Waals surface area contributed by atoms with Crippen LogP contribution in [0.4, 0.5) is 0 Å². The Morgan fingerprint density at radius 3 is 1.19 bits per heavy atom. The lowest BCUT2D eigenvalue weighted by Crippen LogP contribution is -2.24. The third-order valence-electron chi connectivity index (χ3n) is 1.74. The molecule has 0 fully saturated rings. The van der Waals surface area contributed by atoms with Crippen LogP contribution in [0.25, 0.3) is 0 Å². The fourth-order valence-corrected chi connectivity index (χ4v) is 0.986. The van der Waals surface area contributed by atoms with E-state index in [-0.39, 0.29) is 11.1 Å². The number of hydrogen-bond acceptors (Lipinski definition) is 6. The van der Waals surface area contributed by atoms with Gasteiger partial charge in [0.05, 0.1) is 0 Å². The number of nitrogens with zero attached hydrogens (tertiary/aromatic N) is 2. The number of rotatable bonds is 2. The van der Waals surface area contributed by atoms with E-state index in [0.717, 1.165) is 24.3 Å². The molecular formula is C8H8N2O6. The Bertz CT molecular complexity index is 360. The Labute approximate surface area is 89.0 Å². The largest absolute Gasteiger partial charge is 0.303 e. The number of carbonyl (C=O) groups is 2. The summed E-state index contributed by atoms with van der Waals surface area (Å²) in [4.78, 5) is 22.0. The van der Waals surface area contributed by atoms with E-state index in [1.165, 1.54) is 0 Å². The highest BCUT2D eigenvalue weighted by atomic mass is 16.8. The molecule has 0 aliphatic carbocycles. The molecule has 0 radical (unpaired) electrons. The van der Waals surface area contributed by atoms with Crippen LogP contribution in [0.1, 0.15) is 20.7 Å². The van der Waals surface area contributed by atoms with Crippen LogP contribution < -0.4 is 0 Å². The summed E-state index contributed by atoms with van der Waals surface area (Å²) in [6.45, 7) is 0. The van der Waals surface area contributed by atoms with E-state index in [2.05, 4.69) is 0 Å². The predicted molar refractivity (Wildman–Crippen MR) is 45.9 cm³/mol. The molecule has 0 atom stereocenters. The van der Waals surface area contributed by atoms with E-state index in [0.29, 0.717) is 0 Å². The fourth-order valence-electron chi connectivity index (χ4n) is 0.986. The van der Waals surface area contributed by atoms with Gasteiger partial charge in [-0.3, -0.25) is 30.4 Å². The third kappa shape index (κ3) is 2.52. The normalized spacial score (nSPS) is 9.75. The molecule has 0 bridgehead atoms. The minimum absolute atomic E-state index is 0.0796. The van der Waals surface area contributed by atoms with Gasteiger partial charge >= 0.3 is 11.8 Å². The van der Waals surface area contributed by atoms with Crippen molar-refractivity contribution in [3.63, 3.8) is 0 Å². The van der Waals surface area contributed by atoms with E-state index in [1.54, 1.807) is 0 Å². The van der Waals surface area contributed by atoms with Gasteiger partial charge in [0.2, 0.25) is 0 Å². The van der Waals surface area contributed by atoms with Crippen molar-refractivity contribution in [1.29, 1.82) is 0 Å². The Hall–Kier alpha value is -2.00. The molecule has 4 N–H and O–H groups in total. The second-order valence-electron chi connectivity index (χ2n) is 2.77. The number of carbonyl (C=O) groups excluding carboxylic acids is 2. The second kappa shape index (κ2) is 4.68. The topological polar surface area (TPSA) is 122 Å². The average Bonchev–Trinajstić information content (AvgIpc) is 2.27. The predicted octanol–water partition coefficient (Wildman–Crippen LogP) is 0.128. The summed E-state index contributed by atoms with van der Waals surface area (Å²) in [5.41, 5.74) is -0.159. The summed E-state index contributed by atoms with van der Waals surface area (Å²) < 4.78 is 0. The van der Waals surface area contributed by atoms with Gasteiger partial charge < -0.3 is 0 Å². The molecule has 0 saturated carbocycles. The second-order valence-corrected chi connectivity index (χ2v) is 2.77. The lowest BCUT2D eigenvalue weighted by molar-refractivity contribution is -0.260.